The van der Waals surface area contributed by atoms with Crippen LogP contribution in [0.1, 0.15) is 46.0 Å². The second-order valence-corrected chi connectivity index (χ2v) is 3.60. The molecule has 0 atom stereocenters. The fourth-order valence-corrected chi connectivity index (χ4v) is 1.49. The van der Waals surface area contributed by atoms with Gasteiger partial charge in [-0.3, -0.25) is 0 Å². The maximum Gasteiger partial charge on any atom is 0.0165 e. The molecule has 11 heavy (non-hydrogen) atoms. The first kappa shape index (κ1) is 11.1. The molecule has 0 aliphatic heterocycles. The molecule has 0 aliphatic carbocycles. The third-order valence-electron chi connectivity index (χ3n) is 1.47. The number of hydrogen-bond acceptors (Lipinski definition) is 1. The van der Waals surface area contributed by atoms with E-state index in [2.05, 4.69) is 25.3 Å². The van der Waals surface area contributed by atoms with E-state index in [0.29, 0.717) is 0 Å². The zero-order valence-electron chi connectivity index (χ0n) is 7.73. The molecule has 0 saturated carbocycles. The van der Waals surface area contributed by atoms with E-state index < -0.39 is 0 Å². The molecule has 0 heterocycles. The third kappa shape index (κ3) is 10.1. The maximum absolute atomic E-state index is 3.25. The summed E-state index contributed by atoms with van der Waals surface area (Å²) in [6, 6.07) is 0. The van der Waals surface area contributed by atoms with E-state index in [0.717, 1.165) is 0 Å². The molecule has 1 radical (unpaired) electrons. The lowest BCUT2D eigenvalue weighted by atomic mass is 10.2. The van der Waals surface area contributed by atoms with Gasteiger partial charge in [0.15, 0.2) is 0 Å². The molecule has 0 nitrogen and oxygen atoms in total. The van der Waals surface area contributed by atoms with Crippen LogP contribution in [-0.2, 0) is 0 Å². The summed E-state index contributed by atoms with van der Waals surface area (Å²) < 4.78 is 0. The Bertz CT molecular complexity index is 86.9. The number of allylic oxidation sites excluding steroid dienone is 1. The van der Waals surface area contributed by atoms with Crippen molar-refractivity contribution in [3.05, 3.63) is 11.5 Å². The van der Waals surface area contributed by atoms with Crippen LogP contribution >= 0.6 is 11.8 Å². The van der Waals surface area contributed by atoms with E-state index >= 15 is 0 Å². The van der Waals surface area contributed by atoms with E-state index in [4.69, 9.17) is 0 Å². The first-order chi connectivity index (χ1) is 5.41. The zero-order valence-corrected chi connectivity index (χ0v) is 8.54. The normalized spacial score (nSPS) is 11.1. The molecule has 0 saturated heterocycles. The highest BCUT2D eigenvalue weighted by molar-refractivity contribution is 8.00. The number of rotatable bonds is 7. The van der Waals surface area contributed by atoms with Gasteiger partial charge in [-0.15, -0.1) is 11.8 Å². The molecule has 65 valence electrons. The van der Waals surface area contributed by atoms with Crippen molar-refractivity contribution in [3.8, 4) is 0 Å². The van der Waals surface area contributed by atoms with E-state index in [1.165, 1.54) is 37.9 Å². The summed E-state index contributed by atoms with van der Waals surface area (Å²) in [4.78, 5) is 0. The molecule has 0 fully saturated rings. The summed E-state index contributed by atoms with van der Waals surface area (Å²) in [6.07, 6.45) is 8.58. The molecule has 0 aromatic rings. The predicted molar refractivity (Wildman–Crippen MR) is 54.7 cm³/mol. The third-order valence-corrected chi connectivity index (χ3v) is 2.29. The molecule has 0 spiro atoms. The van der Waals surface area contributed by atoms with Gasteiger partial charge in [0.05, 0.1) is 0 Å². The molecule has 0 amide bonds. The lowest BCUT2D eigenvalue weighted by Gasteiger charge is -1.91. The summed E-state index contributed by atoms with van der Waals surface area (Å²) >= 11 is 1.82. The summed E-state index contributed by atoms with van der Waals surface area (Å²) in [5.41, 5.74) is 0. The first-order valence-electron chi connectivity index (χ1n) is 4.60. The monoisotopic (exact) mass is 171 g/mol. The van der Waals surface area contributed by atoms with Crippen molar-refractivity contribution in [1.29, 1.82) is 0 Å². The van der Waals surface area contributed by atoms with Gasteiger partial charge in [0.1, 0.15) is 0 Å². The Morgan fingerprint density at radius 2 is 1.91 bits per heavy atom. The van der Waals surface area contributed by atoms with Gasteiger partial charge in [0.2, 0.25) is 0 Å². The average molecular weight is 171 g/mol. The number of thioether (sulfide) groups is 1. The summed E-state index contributed by atoms with van der Waals surface area (Å²) in [5.74, 6) is 1.24. The highest BCUT2D eigenvalue weighted by Crippen LogP contribution is 2.06. The second-order valence-electron chi connectivity index (χ2n) is 2.67. The van der Waals surface area contributed by atoms with Gasteiger partial charge in [0, 0.05) is 5.41 Å². The van der Waals surface area contributed by atoms with E-state index in [1.807, 2.05) is 11.8 Å². The lowest BCUT2D eigenvalue weighted by Crippen LogP contribution is -1.73. The van der Waals surface area contributed by atoms with Crippen LogP contribution < -0.4 is 0 Å². The fraction of sp³-hybridized carbons (Fsp3) is 0.800. The van der Waals surface area contributed by atoms with E-state index in [9.17, 15) is 0 Å². The van der Waals surface area contributed by atoms with Crippen LogP contribution in [0.3, 0.4) is 0 Å². The molecule has 0 aromatic heterocycles. The standard InChI is InChI=1S/C10H19S/c1-3-5-7-8-10-11-9-6-4-2/h8H,3-7,9H2,1-2H3. The molecule has 1 heteroatoms. The average Bonchev–Trinajstić information content (AvgIpc) is 2.03. The largest absolute Gasteiger partial charge is 0.125 e. The van der Waals surface area contributed by atoms with Crippen molar-refractivity contribution in [2.75, 3.05) is 5.75 Å². The number of unbranched alkanes of at least 4 members (excludes halogenated alkanes) is 3. The van der Waals surface area contributed by atoms with Gasteiger partial charge in [-0.2, -0.15) is 0 Å². The van der Waals surface area contributed by atoms with E-state index in [-0.39, 0.29) is 0 Å². The summed E-state index contributed by atoms with van der Waals surface area (Å²) in [7, 11) is 0. The molecule has 0 aliphatic rings. The Morgan fingerprint density at radius 3 is 2.55 bits per heavy atom. The van der Waals surface area contributed by atoms with Crippen molar-refractivity contribution in [2.45, 2.75) is 46.0 Å². The van der Waals surface area contributed by atoms with Crippen molar-refractivity contribution < 1.29 is 0 Å². The highest BCUT2D eigenvalue weighted by atomic mass is 32.2. The van der Waals surface area contributed by atoms with Gasteiger partial charge in [-0.05, 0) is 18.6 Å². The summed E-state index contributed by atoms with van der Waals surface area (Å²) in [5, 5.41) is 3.25. The Kier molecular flexibility index (Phi) is 10.2. The SMILES string of the molecule is CCCC/C=[C]\SCCCC. The minimum absolute atomic E-state index is 1.20. The zero-order chi connectivity index (χ0) is 8.36. The molecule has 0 rings (SSSR count). The lowest BCUT2D eigenvalue weighted by molar-refractivity contribution is 0.814. The molecule has 0 bridgehead atoms. The van der Waals surface area contributed by atoms with E-state index in [1.54, 1.807) is 0 Å². The van der Waals surface area contributed by atoms with Crippen LogP contribution in [0.5, 0.6) is 0 Å². The first-order valence-corrected chi connectivity index (χ1v) is 5.59. The minimum atomic E-state index is 1.20. The van der Waals surface area contributed by atoms with Crippen molar-refractivity contribution in [2.24, 2.45) is 0 Å². The Morgan fingerprint density at radius 1 is 1.18 bits per heavy atom. The second kappa shape index (κ2) is 10.1. The fourth-order valence-electron chi connectivity index (χ4n) is 0.699. The van der Waals surface area contributed by atoms with Gasteiger partial charge in [-0.1, -0.05) is 39.2 Å². The van der Waals surface area contributed by atoms with Crippen LogP contribution in [-0.4, -0.2) is 5.75 Å². The topological polar surface area (TPSA) is 0 Å². The van der Waals surface area contributed by atoms with Gasteiger partial charge >= 0.3 is 0 Å². The van der Waals surface area contributed by atoms with Gasteiger partial charge in [0.25, 0.3) is 0 Å². The molecular weight excluding hydrogens is 152 g/mol. The molecule has 0 unspecified atom stereocenters. The molecule has 0 aromatic carbocycles. The Hall–Kier alpha value is 0.0900. The smallest absolute Gasteiger partial charge is 0.0165 e. The maximum atomic E-state index is 3.25. The number of hydrogen-bond donors (Lipinski definition) is 0. The Labute approximate surface area is 75.5 Å². The van der Waals surface area contributed by atoms with Crippen molar-refractivity contribution >= 4 is 11.8 Å². The van der Waals surface area contributed by atoms with Gasteiger partial charge in [-0.25, -0.2) is 0 Å². The van der Waals surface area contributed by atoms with Gasteiger partial charge < -0.3 is 0 Å². The van der Waals surface area contributed by atoms with Crippen molar-refractivity contribution in [3.63, 3.8) is 0 Å². The van der Waals surface area contributed by atoms with Crippen LogP contribution in [0.15, 0.2) is 6.08 Å². The Balaban J connectivity index is 2.91. The van der Waals surface area contributed by atoms with Crippen molar-refractivity contribution in [1.82, 2.24) is 0 Å². The predicted octanol–water partition coefficient (Wildman–Crippen LogP) is 4.03. The highest BCUT2D eigenvalue weighted by Gasteiger charge is 1.82. The van der Waals surface area contributed by atoms with Crippen LogP contribution in [0.2, 0.25) is 0 Å². The van der Waals surface area contributed by atoms with Crippen LogP contribution in [0.4, 0.5) is 0 Å². The minimum Gasteiger partial charge on any atom is -0.125 e. The van der Waals surface area contributed by atoms with Crippen LogP contribution in [0, 0.1) is 5.41 Å². The quantitative estimate of drug-likeness (QED) is 0.521. The summed E-state index contributed by atoms with van der Waals surface area (Å²) in [6.45, 7) is 4.44. The molecule has 0 N–H and O–H groups in total. The molecular formula is C10H19S. The van der Waals surface area contributed by atoms with Crippen LogP contribution in [0.25, 0.3) is 0 Å².